The van der Waals surface area contributed by atoms with Crippen LogP contribution in [0.3, 0.4) is 0 Å². The number of benzene rings is 2. The molecule has 1 aromatic heterocycles. The largest absolute Gasteiger partial charge is 0.423 e. The van der Waals surface area contributed by atoms with Gasteiger partial charge in [0.15, 0.2) is 0 Å². The molecule has 0 aliphatic carbocycles. The second kappa shape index (κ2) is 6.50. The lowest BCUT2D eigenvalue weighted by atomic mass is 10.1. The molecule has 0 radical (unpaired) electrons. The lowest BCUT2D eigenvalue weighted by Crippen LogP contribution is -2.29. The molecule has 0 spiro atoms. The number of rotatable bonds is 5. The van der Waals surface area contributed by atoms with Crippen molar-refractivity contribution in [2.45, 2.75) is 17.9 Å². The van der Waals surface area contributed by atoms with Crippen LogP contribution in [0.5, 0.6) is 0 Å². The van der Waals surface area contributed by atoms with Crippen molar-refractivity contribution in [3.05, 3.63) is 77.8 Å². The highest BCUT2D eigenvalue weighted by atomic mass is 32.2. The summed E-state index contributed by atoms with van der Waals surface area (Å²) in [5.74, 6) is -0.0580. The number of aromatic nitrogens is 2. The highest BCUT2D eigenvalue weighted by molar-refractivity contribution is 7.89. The fourth-order valence-electron chi connectivity index (χ4n) is 2.17. The van der Waals surface area contributed by atoms with Crippen molar-refractivity contribution in [1.29, 1.82) is 0 Å². The summed E-state index contributed by atoms with van der Waals surface area (Å²) in [4.78, 5) is -0.0546. The van der Waals surface area contributed by atoms with Crippen LogP contribution in [0.1, 0.15) is 23.4 Å². The molecule has 1 N–H and O–H groups in total. The van der Waals surface area contributed by atoms with E-state index in [1.807, 2.05) is 6.07 Å². The van der Waals surface area contributed by atoms with Crippen LogP contribution in [0.4, 0.5) is 4.39 Å². The predicted molar refractivity (Wildman–Crippen MR) is 84.0 cm³/mol. The summed E-state index contributed by atoms with van der Waals surface area (Å²) < 4.78 is 46.1. The van der Waals surface area contributed by atoms with E-state index in [-0.39, 0.29) is 10.8 Å². The van der Waals surface area contributed by atoms with Gasteiger partial charge in [0.2, 0.25) is 21.8 Å². The van der Waals surface area contributed by atoms with Gasteiger partial charge in [-0.2, -0.15) is 4.72 Å². The Morgan fingerprint density at radius 1 is 1.04 bits per heavy atom. The summed E-state index contributed by atoms with van der Waals surface area (Å²) in [5, 5.41) is 7.66. The summed E-state index contributed by atoms with van der Waals surface area (Å²) in [6.45, 7) is 1.62. The molecular formula is C16H14FN3O3S. The number of sulfonamides is 1. The molecule has 0 aliphatic heterocycles. The smallest absolute Gasteiger partial charge is 0.241 e. The Morgan fingerprint density at radius 3 is 2.29 bits per heavy atom. The second-order valence-electron chi connectivity index (χ2n) is 5.08. The number of hydrogen-bond donors (Lipinski definition) is 1. The molecule has 24 heavy (non-hydrogen) atoms. The average molecular weight is 347 g/mol. The fraction of sp³-hybridized carbons (Fsp3) is 0.125. The molecule has 1 unspecified atom stereocenters. The Balaban J connectivity index is 1.99. The average Bonchev–Trinajstić information content (AvgIpc) is 3.00. The number of aryl methyl sites for hydroxylation is 1. The van der Waals surface area contributed by atoms with E-state index in [2.05, 4.69) is 14.9 Å². The molecule has 0 saturated carbocycles. The van der Waals surface area contributed by atoms with Crippen molar-refractivity contribution in [2.75, 3.05) is 0 Å². The zero-order chi connectivity index (χ0) is 17.2. The van der Waals surface area contributed by atoms with Crippen LogP contribution >= 0.6 is 0 Å². The van der Waals surface area contributed by atoms with Crippen LogP contribution in [0, 0.1) is 12.7 Å². The van der Waals surface area contributed by atoms with Gasteiger partial charge >= 0.3 is 0 Å². The molecule has 1 atom stereocenters. The molecular weight excluding hydrogens is 333 g/mol. The van der Waals surface area contributed by atoms with E-state index in [4.69, 9.17) is 4.42 Å². The Labute approximate surface area is 138 Å². The zero-order valence-electron chi connectivity index (χ0n) is 12.7. The highest BCUT2D eigenvalue weighted by Gasteiger charge is 2.26. The first kappa shape index (κ1) is 16.3. The van der Waals surface area contributed by atoms with Crippen molar-refractivity contribution in [2.24, 2.45) is 0 Å². The van der Waals surface area contributed by atoms with Crippen molar-refractivity contribution in [1.82, 2.24) is 14.9 Å². The Kier molecular flexibility index (Phi) is 4.41. The van der Waals surface area contributed by atoms with Gasteiger partial charge in [-0.25, -0.2) is 12.8 Å². The Hall–Kier alpha value is -2.58. The molecule has 0 fully saturated rings. The van der Waals surface area contributed by atoms with Crippen LogP contribution in [0.2, 0.25) is 0 Å². The van der Waals surface area contributed by atoms with E-state index >= 15 is 0 Å². The summed E-state index contributed by atoms with van der Waals surface area (Å²) >= 11 is 0. The maximum atomic E-state index is 13.0. The van der Waals surface area contributed by atoms with E-state index in [1.165, 1.54) is 12.1 Å². The standard InChI is InChI=1S/C16H14FN3O3S/c1-11-18-19-16(23-11)15(12-5-3-2-4-6-12)20-24(21,22)14-9-7-13(17)8-10-14/h2-10,15,20H,1H3. The van der Waals surface area contributed by atoms with E-state index < -0.39 is 21.9 Å². The van der Waals surface area contributed by atoms with Gasteiger partial charge in [-0.05, 0) is 29.8 Å². The zero-order valence-corrected chi connectivity index (χ0v) is 13.5. The van der Waals surface area contributed by atoms with Crippen LogP contribution in [-0.4, -0.2) is 18.6 Å². The quantitative estimate of drug-likeness (QED) is 0.767. The minimum absolute atomic E-state index is 0.0546. The third-order valence-electron chi connectivity index (χ3n) is 3.32. The molecule has 0 aliphatic rings. The Morgan fingerprint density at radius 2 is 1.71 bits per heavy atom. The van der Waals surface area contributed by atoms with Crippen LogP contribution < -0.4 is 4.72 Å². The molecule has 124 valence electrons. The van der Waals surface area contributed by atoms with Crippen molar-refractivity contribution < 1.29 is 17.2 Å². The molecule has 6 nitrogen and oxygen atoms in total. The van der Waals surface area contributed by atoms with Gasteiger partial charge in [-0.1, -0.05) is 30.3 Å². The van der Waals surface area contributed by atoms with E-state index in [0.717, 1.165) is 12.1 Å². The van der Waals surface area contributed by atoms with Gasteiger partial charge in [0, 0.05) is 6.92 Å². The molecule has 3 rings (SSSR count). The summed E-state index contributed by atoms with van der Waals surface area (Å²) in [7, 11) is -3.91. The van der Waals surface area contributed by atoms with E-state index in [9.17, 15) is 12.8 Å². The second-order valence-corrected chi connectivity index (χ2v) is 6.79. The molecule has 1 heterocycles. The predicted octanol–water partition coefficient (Wildman–Crippen LogP) is 2.59. The maximum Gasteiger partial charge on any atom is 0.241 e. The first-order valence-corrected chi connectivity index (χ1v) is 8.57. The molecule has 2 aromatic carbocycles. The fourth-order valence-corrected chi connectivity index (χ4v) is 3.35. The third-order valence-corrected chi connectivity index (χ3v) is 4.76. The van der Waals surface area contributed by atoms with Crippen LogP contribution in [0.15, 0.2) is 63.9 Å². The molecule has 8 heteroatoms. The van der Waals surface area contributed by atoms with E-state index in [1.54, 1.807) is 31.2 Å². The molecule has 0 bridgehead atoms. The topological polar surface area (TPSA) is 85.1 Å². The minimum atomic E-state index is -3.91. The highest BCUT2D eigenvalue weighted by Crippen LogP contribution is 2.23. The number of nitrogens with one attached hydrogen (secondary N) is 1. The monoisotopic (exact) mass is 347 g/mol. The van der Waals surface area contributed by atoms with Gasteiger partial charge in [-0.3, -0.25) is 0 Å². The van der Waals surface area contributed by atoms with Crippen molar-refractivity contribution >= 4 is 10.0 Å². The normalized spacial score (nSPS) is 12.9. The van der Waals surface area contributed by atoms with Crippen LogP contribution in [-0.2, 0) is 10.0 Å². The van der Waals surface area contributed by atoms with Gasteiger partial charge in [0.25, 0.3) is 0 Å². The van der Waals surface area contributed by atoms with Gasteiger partial charge in [-0.15, -0.1) is 10.2 Å². The maximum absolute atomic E-state index is 13.0. The number of nitrogens with zero attached hydrogens (tertiary/aromatic N) is 2. The van der Waals surface area contributed by atoms with Crippen molar-refractivity contribution in [3.63, 3.8) is 0 Å². The summed E-state index contributed by atoms with van der Waals surface area (Å²) in [6, 6.07) is 12.6. The van der Waals surface area contributed by atoms with Crippen LogP contribution in [0.25, 0.3) is 0 Å². The van der Waals surface area contributed by atoms with Gasteiger partial charge < -0.3 is 4.42 Å². The first-order chi connectivity index (χ1) is 11.5. The first-order valence-electron chi connectivity index (χ1n) is 7.08. The Bertz CT molecular complexity index is 925. The van der Waals surface area contributed by atoms with Gasteiger partial charge in [0.05, 0.1) is 4.90 Å². The number of hydrogen-bond acceptors (Lipinski definition) is 5. The van der Waals surface area contributed by atoms with Crippen molar-refractivity contribution in [3.8, 4) is 0 Å². The summed E-state index contributed by atoms with van der Waals surface area (Å²) in [5.41, 5.74) is 0.645. The lowest BCUT2D eigenvalue weighted by Gasteiger charge is -2.16. The SMILES string of the molecule is Cc1nnc(C(NS(=O)(=O)c2ccc(F)cc2)c2ccccc2)o1. The van der Waals surface area contributed by atoms with Gasteiger partial charge in [0.1, 0.15) is 11.9 Å². The molecule has 3 aromatic rings. The molecule has 0 saturated heterocycles. The minimum Gasteiger partial charge on any atom is -0.423 e. The number of halogens is 1. The van der Waals surface area contributed by atoms with E-state index in [0.29, 0.717) is 11.5 Å². The third kappa shape index (κ3) is 3.50. The lowest BCUT2D eigenvalue weighted by molar-refractivity contribution is 0.436. The summed E-state index contributed by atoms with van der Waals surface area (Å²) in [6.07, 6.45) is 0. The molecule has 0 amide bonds.